The summed E-state index contributed by atoms with van der Waals surface area (Å²) in [7, 11) is 0. The van der Waals surface area contributed by atoms with Crippen molar-refractivity contribution in [3.63, 3.8) is 0 Å². The maximum atomic E-state index is 6.02. The molecule has 0 spiro atoms. The molecule has 1 aromatic heterocycles. The maximum Gasteiger partial charge on any atom is 0.0911 e. The smallest absolute Gasteiger partial charge is 0.0911 e. The first-order valence-electron chi connectivity index (χ1n) is 6.71. The fraction of sp³-hybridized carbons (Fsp3) is 0.467. The lowest BCUT2D eigenvalue weighted by Crippen LogP contribution is -2.01. The van der Waals surface area contributed by atoms with Crippen LogP contribution in [0.5, 0.6) is 0 Å². The number of anilines is 1. The highest BCUT2D eigenvalue weighted by Gasteiger charge is 2.07. The Hall–Kier alpha value is -1.64. The number of unbranched alkanes of at least 4 members (excludes halogenated alkanes) is 1. The SMILES string of the molecule is CCCCc1nc2cc(N)c(CC)cc2nc1C. The molecule has 1 aromatic carbocycles. The molecule has 0 bridgehead atoms. The van der Waals surface area contributed by atoms with E-state index in [4.69, 9.17) is 10.7 Å². The van der Waals surface area contributed by atoms with Crippen molar-refractivity contribution in [2.45, 2.75) is 46.5 Å². The molecule has 3 heteroatoms. The van der Waals surface area contributed by atoms with Gasteiger partial charge < -0.3 is 5.73 Å². The summed E-state index contributed by atoms with van der Waals surface area (Å²) in [6.07, 6.45) is 4.26. The highest BCUT2D eigenvalue weighted by molar-refractivity contribution is 5.80. The van der Waals surface area contributed by atoms with Gasteiger partial charge in [-0.25, -0.2) is 9.97 Å². The van der Waals surface area contributed by atoms with Crippen LogP contribution in [0.4, 0.5) is 5.69 Å². The molecule has 18 heavy (non-hydrogen) atoms. The van der Waals surface area contributed by atoms with Gasteiger partial charge in [0.2, 0.25) is 0 Å². The molecule has 0 saturated heterocycles. The molecule has 0 aliphatic heterocycles. The van der Waals surface area contributed by atoms with Crippen molar-refractivity contribution in [2.75, 3.05) is 5.73 Å². The van der Waals surface area contributed by atoms with Crippen molar-refractivity contribution in [3.05, 3.63) is 29.1 Å². The van der Waals surface area contributed by atoms with E-state index in [2.05, 4.69) is 24.9 Å². The van der Waals surface area contributed by atoms with Gasteiger partial charge in [0, 0.05) is 5.69 Å². The average molecular weight is 243 g/mol. The van der Waals surface area contributed by atoms with E-state index in [1.165, 1.54) is 6.42 Å². The Labute approximate surface area is 108 Å². The lowest BCUT2D eigenvalue weighted by molar-refractivity contribution is 0.769. The summed E-state index contributed by atoms with van der Waals surface area (Å²) in [4.78, 5) is 9.37. The van der Waals surface area contributed by atoms with E-state index >= 15 is 0 Å². The highest BCUT2D eigenvalue weighted by Crippen LogP contribution is 2.21. The topological polar surface area (TPSA) is 51.8 Å². The molecule has 0 aliphatic carbocycles. The molecule has 0 radical (unpaired) electrons. The molecule has 2 aromatic rings. The summed E-state index contributed by atoms with van der Waals surface area (Å²) >= 11 is 0. The fourth-order valence-electron chi connectivity index (χ4n) is 2.17. The molecule has 2 N–H and O–H groups in total. The van der Waals surface area contributed by atoms with Crippen LogP contribution in [0.3, 0.4) is 0 Å². The number of hydrogen-bond donors (Lipinski definition) is 1. The van der Waals surface area contributed by atoms with Gasteiger partial charge in [0.15, 0.2) is 0 Å². The van der Waals surface area contributed by atoms with Gasteiger partial charge in [-0.1, -0.05) is 20.3 Å². The van der Waals surface area contributed by atoms with E-state index < -0.39 is 0 Å². The molecule has 0 saturated carbocycles. The quantitative estimate of drug-likeness (QED) is 0.837. The van der Waals surface area contributed by atoms with Crippen molar-refractivity contribution in [3.8, 4) is 0 Å². The van der Waals surface area contributed by atoms with E-state index in [1.54, 1.807) is 0 Å². The number of aromatic nitrogens is 2. The van der Waals surface area contributed by atoms with Crippen molar-refractivity contribution in [1.29, 1.82) is 0 Å². The number of nitrogens with two attached hydrogens (primary N) is 1. The second-order valence-electron chi connectivity index (χ2n) is 4.75. The summed E-state index contributed by atoms with van der Waals surface area (Å²) in [5.74, 6) is 0. The second kappa shape index (κ2) is 5.34. The van der Waals surface area contributed by atoms with E-state index in [0.29, 0.717) is 0 Å². The zero-order valence-corrected chi connectivity index (χ0v) is 11.5. The standard InChI is InChI=1S/C15H21N3/c1-4-6-7-13-10(3)17-14-8-11(5-2)12(16)9-15(14)18-13/h8-9H,4-7,16H2,1-3H3. The van der Waals surface area contributed by atoms with Crippen LogP contribution in [0.2, 0.25) is 0 Å². The Morgan fingerprint density at radius 1 is 1.11 bits per heavy atom. The number of rotatable bonds is 4. The van der Waals surface area contributed by atoms with E-state index in [0.717, 1.165) is 52.9 Å². The van der Waals surface area contributed by atoms with E-state index in [9.17, 15) is 0 Å². The lowest BCUT2D eigenvalue weighted by Gasteiger charge is -2.09. The monoisotopic (exact) mass is 243 g/mol. The molecule has 1 heterocycles. The van der Waals surface area contributed by atoms with E-state index in [-0.39, 0.29) is 0 Å². The highest BCUT2D eigenvalue weighted by atomic mass is 14.8. The number of hydrogen-bond acceptors (Lipinski definition) is 3. The van der Waals surface area contributed by atoms with Gasteiger partial charge >= 0.3 is 0 Å². The Balaban J connectivity index is 2.50. The van der Waals surface area contributed by atoms with Crippen LogP contribution in [-0.2, 0) is 12.8 Å². The first kappa shape index (κ1) is 12.8. The van der Waals surface area contributed by atoms with Crippen LogP contribution in [0.1, 0.15) is 43.6 Å². The summed E-state index contributed by atoms with van der Waals surface area (Å²) in [6, 6.07) is 4.02. The normalized spacial score (nSPS) is 11.1. The van der Waals surface area contributed by atoms with Crippen molar-refractivity contribution < 1.29 is 0 Å². The lowest BCUT2D eigenvalue weighted by atomic mass is 10.1. The third-order valence-corrected chi connectivity index (χ3v) is 3.35. The van der Waals surface area contributed by atoms with Crippen LogP contribution in [0.25, 0.3) is 11.0 Å². The predicted octanol–water partition coefficient (Wildman–Crippen LogP) is 3.43. The predicted molar refractivity (Wildman–Crippen MR) is 76.7 cm³/mol. The van der Waals surface area contributed by atoms with Gasteiger partial charge in [-0.15, -0.1) is 0 Å². The van der Waals surface area contributed by atoms with Crippen molar-refractivity contribution >= 4 is 16.7 Å². The third-order valence-electron chi connectivity index (χ3n) is 3.35. The molecule has 96 valence electrons. The van der Waals surface area contributed by atoms with Gasteiger partial charge in [0.1, 0.15) is 0 Å². The van der Waals surface area contributed by atoms with Crippen molar-refractivity contribution in [1.82, 2.24) is 9.97 Å². The maximum absolute atomic E-state index is 6.02. The molecule has 2 rings (SSSR count). The second-order valence-corrected chi connectivity index (χ2v) is 4.75. The average Bonchev–Trinajstić information content (AvgIpc) is 2.36. The zero-order chi connectivity index (χ0) is 13.1. The number of nitrogen functional groups attached to an aromatic ring is 1. The van der Waals surface area contributed by atoms with Gasteiger partial charge in [-0.3, -0.25) is 0 Å². The molecule has 0 amide bonds. The molecule has 0 aliphatic rings. The molecule has 0 atom stereocenters. The van der Waals surface area contributed by atoms with Crippen molar-refractivity contribution in [2.24, 2.45) is 0 Å². The van der Waals surface area contributed by atoms with Gasteiger partial charge in [-0.2, -0.15) is 0 Å². The molecular weight excluding hydrogens is 222 g/mol. The summed E-state index contributed by atoms with van der Waals surface area (Å²) in [5, 5.41) is 0. The molecule has 0 fully saturated rings. The summed E-state index contributed by atoms with van der Waals surface area (Å²) in [6.45, 7) is 6.34. The number of nitrogens with zero attached hydrogens (tertiary/aromatic N) is 2. The zero-order valence-electron chi connectivity index (χ0n) is 11.5. The number of aryl methyl sites for hydroxylation is 3. The van der Waals surface area contributed by atoms with Crippen LogP contribution < -0.4 is 5.73 Å². The fourth-order valence-corrected chi connectivity index (χ4v) is 2.17. The first-order chi connectivity index (χ1) is 8.65. The van der Waals surface area contributed by atoms with Gasteiger partial charge in [-0.05, 0) is 43.9 Å². The van der Waals surface area contributed by atoms with Crippen LogP contribution >= 0.6 is 0 Å². The third kappa shape index (κ3) is 2.45. The Kier molecular flexibility index (Phi) is 3.80. The number of benzene rings is 1. The summed E-state index contributed by atoms with van der Waals surface area (Å²) < 4.78 is 0. The molecule has 0 unspecified atom stereocenters. The van der Waals surface area contributed by atoms with Crippen LogP contribution in [0.15, 0.2) is 12.1 Å². The van der Waals surface area contributed by atoms with Crippen LogP contribution in [-0.4, -0.2) is 9.97 Å². The minimum atomic E-state index is 0.824. The Morgan fingerprint density at radius 2 is 1.83 bits per heavy atom. The molecular formula is C15H21N3. The van der Waals surface area contributed by atoms with Gasteiger partial charge in [0.25, 0.3) is 0 Å². The largest absolute Gasteiger partial charge is 0.398 e. The minimum absolute atomic E-state index is 0.824. The van der Waals surface area contributed by atoms with Gasteiger partial charge in [0.05, 0.1) is 22.4 Å². The summed E-state index contributed by atoms with van der Waals surface area (Å²) in [5.41, 5.74) is 12.0. The van der Waals surface area contributed by atoms with Crippen LogP contribution in [0, 0.1) is 6.92 Å². The Morgan fingerprint density at radius 3 is 2.50 bits per heavy atom. The first-order valence-corrected chi connectivity index (χ1v) is 6.71. The molecule has 3 nitrogen and oxygen atoms in total. The minimum Gasteiger partial charge on any atom is -0.398 e. The van der Waals surface area contributed by atoms with E-state index in [1.807, 2.05) is 13.0 Å². The number of fused-ring (bicyclic) bond motifs is 1. The Bertz CT molecular complexity index is 561.